The average Bonchev–Trinajstić information content (AvgIpc) is 3.60. The minimum Gasteiger partial charge on any atom is -0.493 e. The van der Waals surface area contributed by atoms with Gasteiger partial charge in [0.25, 0.3) is 0 Å². The summed E-state index contributed by atoms with van der Waals surface area (Å²) in [5, 5.41) is 5.75. The molecule has 0 radical (unpaired) electrons. The van der Waals surface area contributed by atoms with E-state index in [1.54, 1.807) is 12.1 Å². The number of halogens is 3. The maximum atomic E-state index is 12.6. The Labute approximate surface area is 190 Å². The number of methoxy groups -OCH3 is 1. The number of benzene rings is 2. The molecule has 178 valence electrons. The summed E-state index contributed by atoms with van der Waals surface area (Å²) in [4.78, 5) is 25.2. The van der Waals surface area contributed by atoms with E-state index in [1.165, 1.54) is 13.2 Å². The monoisotopic (exact) mass is 464 g/mol. The van der Waals surface area contributed by atoms with Crippen LogP contribution in [0.4, 0.5) is 13.2 Å². The van der Waals surface area contributed by atoms with Gasteiger partial charge in [-0.1, -0.05) is 36.4 Å². The largest absolute Gasteiger partial charge is 0.493 e. The Morgan fingerprint density at radius 2 is 1.79 bits per heavy atom. The lowest BCUT2D eigenvalue weighted by molar-refractivity contribution is -0.153. The smallest absolute Gasteiger partial charge is 0.422 e. The van der Waals surface area contributed by atoms with Gasteiger partial charge in [-0.25, -0.2) is 0 Å². The number of ether oxygens (including phenoxy) is 2. The number of hydrogen-bond acceptors (Lipinski definition) is 4. The van der Waals surface area contributed by atoms with Crippen LogP contribution in [-0.2, 0) is 22.4 Å². The van der Waals surface area contributed by atoms with E-state index in [9.17, 15) is 22.8 Å². The van der Waals surface area contributed by atoms with Crippen molar-refractivity contribution < 1.29 is 32.2 Å². The van der Waals surface area contributed by atoms with Gasteiger partial charge in [0, 0.05) is 18.9 Å². The van der Waals surface area contributed by atoms with Crippen LogP contribution in [0.15, 0.2) is 48.5 Å². The zero-order valence-electron chi connectivity index (χ0n) is 18.3. The van der Waals surface area contributed by atoms with E-state index >= 15 is 0 Å². The first-order valence-corrected chi connectivity index (χ1v) is 10.7. The fraction of sp³-hybridized carbons (Fsp3) is 0.417. The van der Waals surface area contributed by atoms with Crippen LogP contribution in [0.5, 0.6) is 11.5 Å². The molecule has 33 heavy (non-hydrogen) atoms. The summed E-state index contributed by atoms with van der Waals surface area (Å²) < 4.78 is 47.1. The van der Waals surface area contributed by atoms with Crippen molar-refractivity contribution >= 4 is 11.8 Å². The fourth-order valence-electron chi connectivity index (χ4n) is 3.26. The van der Waals surface area contributed by atoms with Crippen LogP contribution >= 0.6 is 0 Å². The molecule has 0 bridgehead atoms. The average molecular weight is 464 g/mol. The van der Waals surface area contributed by atoms with E-state index in [0.29, 0.717) is 18.4 Å². The molecule has 0 spiro atoms. The minimum atomic E-state index is -4.45. The van der Waals surface area contributed by atoms with Crippen LogP contribution in [-0.4, -0.2) is 43.8 Å². The van der Waals surface area contributed by atoms with Crippen molar-refractivity contribution in [3.63, 3.8) is 0 Å². The zero-order valence-corrected chi connectivity index (χ0v) is 18.3. The molecule has 6 nitrogen and oxygen atoms in total. The Kier molecular flexibility index (Phi) is 8.19. The highest BCUT2D eigenvalue weighted by molar-refractivity contribution is 5.88. The number of carbonyl (C=O) groups excluding carboxylic acids is 2. The van der Waals surface area contributed by atoms with Gasteiger partial charge in [-0.05, 0) is 42.5 Å². The van der Waals surface area contributed by atoms with Crippen molar-refractivity contribution in [1.29, 1.82) is 0 Å². The van der Waals surface area contributed by atoms with E-state index in [-0.39, 0.29) is 35.8 Å². The van der Waals surface area contributed by atoms with Crippen molar-refractivity contribution in [3.05, 3.63) is 59.7 Å². The first-order chi connectivity index (χ1) is 15.7. The normalized spacial score (nSPS) is 14.3. The van der Waals surface area contributed by atoms with Crippen LogP contribution in [0.2, 0.25) is 0 Å². The lowest BCUT2D eigenvalue weighted by Gasteiger charge is -2.19. The Balaban J connectivity index is 1.57. The summed E-state index contributed by atoms with van der Waals surface area (Å²) in [7, 11) is 1.33. The van der Waals surface area contributed by atoms with Gasteiger partial charge in [0.1, 0.15) is 6.04 Å². The summed E-state index contributed by atoms with van der Waals surface area (Å²) in [6.07, 6.45) is -1.75. The molecule has 1 fully saturated rings. The third kappa shape index (κ3) is 8.32. The second-order valence-electron chi connectivity index (χ2n) is 7.98. The topological polar surface area (TPSA) is 76.7 Å². The van der Waals surface area contributed by atoms with Crippen molar-refractivity contribution in [2.45, 2.75) is 50.4 Å². The van der Waals surface area contributed by atoms with Gasteiger partial charge in [-0.15, -0.1) is 0 Å². The van der Waals surface area contributed by atoms with Gasteiger partial charge in [-0.3, -0.25) is 9.59 Å². The third-order valence-corrected chi connectivity index (χ3v) is 5.12. The van der Waals surface area contributed by atoms with Gasteiger partial charge >= 0.3 is 6.18 Å². The summed E-state index contributed by atoms with van der Waals surface area (Å²) in [5.41, 5.74) is 1.64. The lowest BCUT2D eigenvalue weighted by atomic mass is 10.0. The van der Waals surface area contributed by atoms with Gasteiger partial charge < -0.3 is 20.1 Å². The highest BCUT2D eigenvalue weighted by Gasteiger charge is 2.29. The standard InChI is InChI=1S/C24H27F3N2O4/c1-32-21-14-17(7-11-20(21)33-15-24(25,26)27)8-12-22(30)29-19(23(31)28-18-9-10-18)13-16-5-3-2-4-6-16/h2-7,11,14,18-19H,8-10,12-13,15H2,1H3,(H,28,31)(H,29,30). The molecule has 1 aliphatic carbocycles. The Morgan fingerprint density at radius 3 is 2.42 bits per heavy atom. The molecule has 2 aromatic carbocycles. The fourth-order valence-corrected chi connectivity index (χ4v) is 3.26. The Morgan fingerprint density at radius 1 is 1.06 bits per heavy atom. The van der Waals surface area contributed by atoms with Crippen molar-refractivity contribution in [2.24, 2.45) is 0 Å². The van der Waals surface area contributed by atoms with E-state index < -0.39 is 18.8 Å². The molecule has 1 saturated carbocycles. The maximum absolute atomic E-state index is 12.6. The van der Waals surface area contributed by atoms with Crippen LogP contribution in [0.1, 0.15) is 30.4 Å². The molecule has 0 heterocycles. The zero-order chi connectivity index (χ0) is 23.8. The minimum absolute atomic E-state index is 0.0253. The van der Waals surface area contributed by atoms with Crippen molar-refractivity contribution in [2.75, 3.05) is 13.7 Å². The van der Waals surface area contributed by atoms with Crippen LogP contribution in [0.3, 0.4) is 0 Å². The van der Waals surface area contributed by atoms with Crippen molar-refractivity contribution in [3.8, 4) is 11.5 Å². The van der Waals surface area contributed by atoms with E-state index in [4.69, 9.17) is 9.47 Å². The molecule has 0 aromatic heterocycles. The second-order valence-corrected chi connectivity index (χ2v) is 7.98. The maximum Gasteiger partial charge on any atom is 0.422 e. The molecule has 0 aliphatic heterocycles. The third-order valence-electron chi connectivity index (χ3n) is 5.12. The molecule has 1 aliphatic rings. The second kappa shape index (κ2) is 11.1. The van der Waals surface area contributed by atoms with Gasteiger partial charge in [0.15, 0.2) is 18.1 Å². The van der Waals surface area contributed by atoms with Gasteiger partial charge in [-0.2, -0.15) is 13.2 Å². The number of carbonyl (C=O) groups is 2. The highest BCUT2D eigenvalue weighted by atomic mass is 19.4. The van der Waals surface area contributed by atoms with E-state index in [0.717, 1.165) is 18.4 Å². The Hall–Kier alpha value is -3.23. The molecule has 1 unspecified atom stereocenters. The van der Waals surface area contributed by atoms with Crippen molar-refractivity contribution in [1.82, 2.24) is 10.6 Å². The summed E-state index contributed by atoms with van der Waals surface area (Å²) in [5.74, 6) is -0.369. The summed E-state index contributed by atoms with van der Waals surface area (Å²) in [6.45, 7) is -1.42. The van der Waals surface area contributed by atoms with Crippen LogP contribution in [0.25, 0.3) is 0 Å². The van der Waals surface area contributed by atoms with Gasteiger partial charge in [0.2, 0.25) is 11.8 Å². The summed E-state index contributed by atoms with van der Waals surface area (Å²) >= 11 is 0. The van der Waals surface area contributed by atoms with E-state index in [1.807, 2.05) is 30.3 Å². The number of aryl methyl sites for hydroxylation is 1. The Bertz CT molecular complexity index is 946. The lowest BCUT2D eigenvalue weighted by Crippen LogP contribution is -2.48. The molecule has 2 N–H and O–H groups in total. The summed E-state index contributed by atoms with van der Waals surface area (Å²) in [6, 6.07) is 13.4. The number of rotatable bonds is 11. The van der Waals surface area contributed by atoms with Crippen LogP contribution < -0.4 is 20.1 Å². The molecular weight excluding hydrogens is 437 g/mol. The first-order valence-electron chi connectivity index (χ1n) is 10.7. The molecule has 3 rings (SSSR count). The number of nitrogens with one attached hydrogen (secondary N) is 2. The quantitative estimate of drug-likeness (QED) is 0.533. The molecular formula is C24H27F3N2O4. The first kappa shape index (κ1) is 24.4. The number of hydrogen-bond donors (Lipinski definition) is 2. The predicted molar refractivity (Wildman–Crippen MR) is 116 cm³/mol. The molecule has 2 amide bonds. The predicted octanol–water partition coefficient (Wildman–Crippen LogP) is 3.58. The molecule has 0 saturated heterocycles. The van der Waals surface area contributed by atoms with Crippen LogP contribution in [0, 0.1) is 0 Å². The van der Waals surface area contributed by atoms with Gasteiger partial charge in [0.05, 0.1) is 7.11 Å². The number of amides is 2. The van der Waals surface area contributed by atoms with E-state index in [2.05, 4.69) is 10.6 Å². The SMILES string of the molecule is COc1cc(CCC(=O)NC(Cc2ccccc2)C(=O)NC2CC2)ccc1OCC(F)(F)F. The molecule has 2 aromatic rings. The molecule has 9 heteroatoms. The highest BCUT2D eigenvalue weighted by Crippen LogP contribution is 2.30. The molecule has 1 atom stereocenters. The number of alkyl halides is 3.